The van der Waals surface area contributed by atoms with Crippen LogP contribution in [0.25, 0.3) is 0 Å². The Morgan fingerprint density at radius 2 is 2.47 bits per heavy atom. The summed E-state index contributed by atoms with van der Waals surface area (Å²) < 4.78 is 7.58. The van der Waals surface area contributed by atoms with Crippen molar-refractivity contribution in [1.29, 1.82) is 0 Å². The number of hydrogen-bond acceptors (Lipinski definition) is 2. The molecule has 15 heavy (non-hydrogen) atoms. The highest BCUT2D eigenvalue weighted by Gasteiger charge is 2.20. The zero-order chi connectivity index (χ0) is 10.8. The van der Waals surface area contributed by atoms with E-state index in [4.69, 9.17) is 10.5 Å². The molecule has 84 valence electrons. The third-order valence-electron chi connectivity index (χ3n) is 3.30. The minimum atomic E-state index is 0.243. The van der Waals surface area contributed by atoms with Crippen molar-refractivity contribution in [3.05, 3.63) is 23.5 Å². The van der Waals surface area contributed by atoms with Crippen LogP contribution >= 0.6 is 0 Å². The van der Waals surface area contributed by atoms with E-state index in [0.717, 1.165) is 19.4 Å². The number of methoxy groups -OCH3 is 1. The zero-order valence-corrected chi connectivity index (χ0v) is 9.57. The molecule has 2 unspecified atom stereocenters. The van der Waals surface area contributed by atoms with Gasteiger partial charge >= 0.3 is 0 Å². The van der Waals surface area contributed by atoms with E-state index in [0.29, 0.717) is 0 Å². The number of ether oxygens (including phenoxy) is 1. The van der Waals surface area contributed by atoms with Gasteiger partial charge in [-0.1, -0.05) is 0 Å². The van der Waals surface area contributed by atoms with E-state index < -0.39 is 0 Å². The van der Waals surface area contributed by atoms with Gasteiger partial charge in [-0.15, -0.1) is 0 Å². The SMILES string of the molecule is COC(C)Cn1ccc2c1CCCC2N. The van der Waals surface area contributed by atoms with Crippen molar-refractivity contribution in [3.63, 3.8) is 0 Å². The maximum absolute atomic E-state index is 6.08. The van der Waals surface area contributed by atoms with Gasteiger partial charge in [0.15, 0.2) is 0 Å². The first-order valence-corrected chi connectivity index (χ1v) is 5.68. The van der Waals surface area contributed by atoms with Crippen LogP contribution in [0.15, 0.2) is 12.3 Å². The fourth-order valence-electron chi connectivity index (χ4n) is 2.32. The summed E-state index contributed by atoms with van der Waals surface area (Å²) in [5.74, 6) is 0. The van der Waals surface area contributed by atoms with Crippen LogP contribution in [0.3, 0.4) is 0 Å². The number of nitrogens with zero attached hydrogens (tertiary/aromatic N) is 1. The van der Waals surface area contributed by atoms with E-state index in [9.17, 15) is 0 Å². The van der Waals surface area contributed by atoms with Gasteiger partial charge in [-0.3, -0.25) is 0 Å². The van der Waals surface area contributed by atoms with E-state index in [1.165, 1.54) is 17.7 Å². The van der Waals surface area contributed by atoms with Gasteiger partial charge in [0, 0.05) is 31.6 Å². The largest absolute Gasteiger partial charge is 0.380 e. The topological polar surface area (TPSA) is 40.2 Å². The summed E-state index contributed by atoms with van der Waals surface area (Å²) >= 11 is 0. The zero-order valence-electron chi connectivity index (χ0n) is 9.57. The molecule has 2 atom stereocenters. The molecule has 0 radical (unpaired) electrons. The standard InChI is InChI=1S/C12H20N2O/c1-9(15-2)8-14-7-6-10-11(13)4-3-5-12(10)14/h6-7,9,11H,3-5,8,13H2,1-2H3. The van der Waals surface area contributed by atoms with Crippen molar-refractivity contribution in [2.24, 2.45) is 5.73 Å². The van der Waals surface area contributed by atoms with E-state index >= 15 is 0 Å². The lowest BCUT2D eigenvalue weighted by Crippen LogP contribution is -2.21. The summed E-state index contributed by atoms with van der Waals surface area (Å²) in [7, 11) is 1.76. The molecule has 0 amide bonds. The lowest BCUT2D eigenvalue weighted by molar-refractivity contribution is 0.102. The Morgan fingerprint density at radius 1 is 1.67 bits per heavy atom. The van der Waals surface area contributed by atoms with Gasteiger partial charge in [-0.05, 0) is 37.8 Å². The minimum Gasteiger partial charge on any atom is -0.380 e. The number of hydrogen-bond donors (Lipinski definition) is 1. The van der Waals surface area contributed by atoms with Gasteiger partial charge < -0.3 is 15.0 Å². The van der Waals surface area contributed by atoms with E-state index in [1.807, 2.05) is 0 Å². The Hall–Kier alpha value is -0.800. The normalized spacial score (nSPS) is 22.5. The number of nitrogens with two attached hydrogens (primary N) is 1. The summed E-state index contributed by atoms with van der Waals surface area (Å²) in [6, 6.07) is 2.41. The fourth-order valence-corrected chi connectivity index (χ4v) is 2.32. The van der Waals surface area contributed by atoms with Crippen molar-refractivity contribution in [3.8, 4) is 0 Å². The molecule has 0 aromatic carbocycles. The molecule has 1 heterocycles. The average molecular weight is 208 g/mol. The molecule has 3 nitrogen and oxygen atoms in total. The molecule has 0 saturated carbocycles. The van der Waals surface area contributed by atoms with Gasteiger partial charge in [0.2, 0.25) is 0 Å². The van der Waals surface area contributed by atoms with E-state index in [1.54, 1.807) is 7.11 Å². The Bertz CT molecular complexity index is 332. The molecule has 1 aliphatic rings. The second-order valence-electron chi connectivity index (χ2n) is 4.42. The van der Waals surface area contributed by atoms with Crippen molar-refractivity contribution in [1.82, 2.24) is 4.57 Å². The Morgan fingerprint density at radius 3 is 3.20 bits per heavy atom. The molecule has 2 rings (SSSR count). The smallest absolute Gasteiger partial charge is 0.0722 e. The van der Waals surface area contributed by atoms with Gasteiger partial charge in [0.1, 0.15) is 0 Å². The highest BCUT2D eigenvalue weighted by molar-refractivity contribution is 5.28. The van der Waals surface area contributed by atoms with Crippen LogP contribution in [-0.4, -0.2) is 17.8 Å². The predicted molar refractivity (Wildman–Crippen MR) is 60.8 cm³/mol. The highest BCUT2D eigenvalue weighted by Crippen LogP contribution is 2.28. The van der Waals surface area contributed by atoms with Crippen LogP contribution in [0.4, 0.5) is 0 Å². The lowest BCUT2D eigenvalue weighted by atomic mass is 9.93. The molecule has 0 saturated heterocycles. The van der Waals surface area contributed by atoms with E-state index in [2.05, 4.69) is 23.8 Å². The van der Waals surface area contributed by atoms with Crippen LogP contribution in [-0.2, 0) is 17.7 Å². The van der Waals surface area contributed by atoms with Crippen LogP contribution in [0.5, 0.6) is 0 Å². The molecule has 3 heteroatoms. The number of fused-ring (bicyclic) bond motifs is 1. The molecular weight excluding hydrogens is 188 g/mol. The van der Waals surface area contributed by atoms with Crippen molar-refractivity contribution >= 4 is 0 Å². The first kappa shape index (κ1) is 10.7. The molecule has 1 aliphatic carbocycles. The molecule has 0 aliphatic heterocycles. The summed E-state index contributed by atoms with van der Waals surface area (Å²) in [6.07, 6.45) is 5.90. The first-order chi connectivity index (χ1) is 7.22. The molecule has 1 aromatic rings. The number of aromatic nitrogens is 1. The second-order valence-corrected chi connectivity index (χ2v) is 4.42. The molecule has 0 bridgehead atoms. The Labute approximate surface area is 91.2 Å². The molecule has 0 fully saturated rings. The monoisotopic (exact) mass is 208 g/mol. The highest BCUT2D eigenvalue weighted by atomic mass is 16.5. The summed E-state index contributed by atoms with van der Waals surface area (Å²) in [4.78, 5) is 0. The maximum Gasteiger partial charge on any atom is 0.0722 e. The molecular formula is C12H20N2O. The lowest BCUT2D eigenvalue weighted by Gasteiger charge is -2.22. The van der Waals surface area contributed by atoms with Crippen molar-refractivity contribution < 1.29 is 4.74 Å². The van der Waals surface area contributed by atoms with Crippen LogP contribution < -0.4 is 5.73 Å². The fraction of sp³-hybridized carbons (Fsp3) is 0.667. The summed E-state index contributed by atoms with van der Waals surface area (Å²) in [5, 5.41) is 0. The van der Waals surface area contributed by atoms with Gasteiger partial charge in [-0.25, -0.2) is 0 Å². The van der Waals surface area contributed by atoms with E-state index in [-0.39, 0.29) is 12.1 Å². The average Bonchev–Trinajstić information content (AvgIpc) is 2.63. The minimum absolute atomic E-state index is 0.243. The van der Waals surface area contributed by atoms with Crippen LogP contribution in [0, 0.1) is 0 Å². The second kappa shape index (κ2) is 4.37. The van der Waals surface area contributed by atoms with Gasteiger partial charge in [0.05, 0.1) is 6.10 Å². The van der Waals surface area contributed by atoms with Crippen LogP contribution in [0.1, 0.15) is 37.1 Å². The van der Waals surface area contributed by atoms with Crippen molar-refractivity contribution in [2.45, 2.75) is 44.9 Å². The van der Waals surface area contributed by atoms with Gasteiger partial charge in [-0.2, -0.15) is 0 Å². The first-order valence-electron chi connectivity index (χ1n) is 5.68. The Balaban J connectivity index is 2.19. The number of rotatable bonds is 3. The summed E-state index contributed by atoms with van der Waals surface area (Å²) in [6.45, 7) is 3.02. The molecule has 0 spiro atoms. The Kier molecular flexibility index (Phi) is 3.12. The third-order valence-corrected chi connectivity index (χ3v) is 3.30. The quantitative estimate of drug-likeness (QED) is 0.823. The summed E-state index contributed by atoms with van der Waals surface area (Å²) in [5.41, 5.74) is 8.83. The van der Waals surface area contributed by atoms with Crippen LogP contribution in [0.2, 0.25) is 0 Å². The molecule has 1 aromatic heterocycles. The van der Waals surface area contributed by atoms with Crippen molar-refractivity contribution in [2.75, 3.05) is 7.11 Å². The van der Waals surface area contributed by atoms with Gasteiger partial charge in [0.25, 0.3) is 0 Å². The molecule has 2 N–H and O–H groups in total. The third kappa shape index (κ3) is 2.08. The predicted octanol–water partition coefficient (Wildman–Crippen LogP) is 1.86. The maximum atomic E-state index is 6.08.